The normalized spacial score (nSPS) is 18.4. The Bertz CT molecular complexity index is 998. The van der Waals surface area contributed by atoms with Crippen LogP contribution in [0.25, 0.3) is 0 Å². The Morgan fingerprint density at radius 2 is 1.87 bits per heavy atom. The molecule has 2 aliphatic rings. The Labute approximate surface area is 179 Å². The number of hydrogen-bond acceptors (Lipinski definition) is 10. The smallest absolute Gasteiger partial charge is 0.349 e. The zero-order valence-corrected chi connectivity index (χ0v) is 18.2. The van der Waals surface area contributed by atoms with Gasteiger partial charge >= 0.3 is 5.97 Å². The maximum absolute atomic E-state index is 13.1. The van der Waals surface area contributed by atoms with Gasteiger partial charge in [-0.25, -0.2) is 13.2 Å². The van der Waals surface area contributed by atoms with Crippen LogP contribution in [0.5, 0.6) is 0 Å². The lowest BCUT2D eigenvalue weighted by Crippen LogP contribution is -2.49. The summed E-state index contributed by atoms with van der Waals surface area (Å²) in [6.07, 6.45) is 1.74. The molecule has 0 radical (unpaired) electrons. The van der Waals surface area contributed by atoms with E-state index in [9.17, 15) is 13.2 Å². The number of piperazine rings is 1. The van der Waals surface area contributed by atoms with Gasteiger partial charge in [0.1, 0.15) is 9.77 Å². The SMILES string of the molecule is COC(=O)c1sccc1S(=O)(=O)N1CCN(c2cc(N3CCOCC3)cnn2)CC1. The summed E-state index contributed by atoms with van der Waals surface area (Å²) in [4.78, 5) is 16.2. The van der Waals surface area contributed by atoms with Crippen molar-refractivity contribution in [2.24, 2.45) is 0 Å². The standard InChI is InChI=1S/C18H23N5O5S2/c1-27-18(24)17-15(2-11-29-17)30(25,26)23-5-3-22(4-6-23)16-12-14(13-19-20-16)21-7-9-28-10-8-21/h2,11-13H,3-10H2,1H3. The maximum Gasteiger partial charge on any atom is 0.349 e. The first-order valence-corrected chi connectivity index (χ1v) is 11.9. The number of carbonyl (C=O) groups excluding carboxylic acids is 1. The highest BCUT2D eigenvalue weighted by Crippen LogP contribution is 2.28. The molecule has 0 aliphatic carbocycles. The molecule has 162 valence electrons. The number of esters is 1. The molecule has 30 heavy (non-hydrogen) atoms. The van der Waals surface area contributed by atoms with E-state index in [0.717, 1.165) is 35.9 Å². The van der Waals surface area contributed by atoms with E-state index in [1.54, 1.807) is 11.6 Å². The average molecular weight is 454 g/mol. The van der Waals surface area contributed by atoms with Gasteiger partial charge in [0.15, 0.2) is 5.82 Å². The summed E-state index contributed by atoms with van der Waals surface area (Å²) in [5, 5.41) is 9.95. The lowest BCUT2D eigenvalue weighted by Gasteiger charge is -2.35. The van der Waals surface area contributed by atoms with Crippen LogP contribution in [0.2, 0.25) is 0 Å². The average Bonchev–Trinajstić information content (AvgIpc) is 3.30. The van der Waals surface area contributed by atoms with E-state index in [1.165, 1.54) is 17.5 Å². The van der Waals surface area contributed by atoms with Gasteiger partial charge in [-0.2, -0.15) is 9.40 Å². The van der Waals surface area contributed by atoms with E-state index in [2.05, 4.69) is 15.1 Å². The lowest BCUT2D eigenvalue weighted by atomic mass is 10.3. The summed E-state index contributed by atoms with van der Waals surface area (Å²) < 4.78 is 37.6. The van der Waals surface area contributed by atoms with Gasteiger partial charge in [0.05, 0.1) is 32.2 Å². The second-order valence-corrected chi connectivity index (χ2v) is 9.69. The number of aromatic nitrogens is 2. The van der Waals surface area contributed by atoms with Crippen molar-refractivity contribution >= 4 is 38.8 Å². The zero-order chi connectivity index (χ0) is 21.1. The van der Waals surface area contributed by atoms with Crippen molar-refractivity contribution in [3.63, 3.8) is 0 Å². The molecule has 12 heteroatoms. The summed E-state index contributed by atoms with van der Waals surface area (Å²) in [5.41, 5.74) is 0.986. The summed E-state index contributed by atoms with van der Waals surface area (Å²) in [7, 11) is -2.54. The first-order chi connectivity index (χ1) is 14.5. The summed E-state index contributed by atoms with van der Waals surface area (Å²) in [6.45, 7) is 4.54. The van der Waals surface area contributed by atoms with Crippen molar-refractivity contribution in [2.75, 3.05) is 69.4 Å². The molecule has 0 amide bonds. The maximum atomic E-state index is 13.1. The summed E-state index contributed by atoms with van der Waals surface area (Å²) in [6, 6.07) is 3.44. The first kappa shape index (κ1) is 21.0. The number of nitrogens with zero attached hydrogens (tertiary/aromatic N) is 5. The molecule has 0 atom stereocenters. The highest BCUT2D eigenvalue weighted by Gasteiger charge is 2.33. The number of hydrogen-bond donors (Lipinski definition) is 0. The van der Waals surface area contributed by atoms with Crippen LogP contribution in [0.4, 0.5) is 11.5 Å². The predicted octanol–water partition coefficient (Wildman–Crippen LogP) is 0.672. The number of morpholine rings is 1. The van der Waals surface area contributed by atoms with Gasteiger partial charge in [-0.3, -0.25) is 0 Å². The number of sulfonamides is 1. The Kier molecular flexibility index (Phi) is 6.18. The van der Waals surface area contributed by atoms with Crippen molar-refractivity contribution in [3.05, 3.63) is 28.6 Å². The van der Waals surface area contributed by atoms with Crippen molar-refractivity contribution in [1.29, 1.82) is 0 Å². The second kappa shape index (κ2) is 8.84. The van der Waals surface area contributed by atoms with Crippen LogP contribution in [0.3, 0.4) is 0 Å². The van der Waals surface area contributed by atoms with Crippen LogP contribution in [-0.4, -0.2) is 88.5 Å². The molecule has 0 spiro atoms. The second-order valence-electron chi connectivity index (χ2n) is 6.87. The number of carbonyl (C=O) groups is 1. The topological polar surface area (TPSA) is 105 Å². The van der Waals surface area contributed by atoms with Gasteiger partial charge in [-0.15, -0.1) is 16.4 Å². The fourth-order valence-corrected chi connectivity index (χ4v) is 6.26. The number of rotatable bonds is 5. The fourth-order valence-electron chi connectivity index (χ4n) is 3.53. The summed E-state index contributed by atoms with van der Waals surface area (Å²) in [5.74, 6) is 0.0826. The number of anilines is 2. The molecule has 0 bridgehead atoms. The molecule has 0 unspecified atom stereocenters. The van der Waals surface area contributed by atoms with Crippen molar-refractivity contribution in [2.45, 2.75) is 4.90 Å². The highest BCUT2D eigenvalue weighted by molar-refractivity contribution is 7.89. The molecule has 2 aliphatic heterocycles. The van der Waals surface area contributed by atoms with Crippen LogP contribution >= 0.6 is 11.3 Å². The predicted molar refractivity (Wildman–Crippen MR) is 112 cm³/mol. The van der Waals surface area contributed by atoms with Gasteiger partial charge < -0.3 is 19.3 Å². The molecule has 0 N–H and O–H groups in total. The molecule has 4 heterocycles. The van der Waals surface area contributed by atoms with E-state index in [-0.39, 0.29) is 9.77 Å². The van der Waals surface area contributed by atoms with Gasteiger partial charge in [0.2, 0.25) is 10.0 Å². The Morgan fingerprint density at radius 3 is 2.57 bits per heavy atom. The molecular weight excluding hydrogens is 430 g/mol. The minimum Gasteiger partial charge on any atom is -0.465 e. The Hall–Kier alpha value is -2.28. The van der Waals surface area contributed by atoms with E-state index < -0.39 is 16.0 Å². The molecule has 2 fully saturated rings. The minimum absolute atomic E-state index is 0.00177. The molecule has 2 aromatic heterocycles. The highest BCUT2D eigenvalue weighted by atomic mass is 32.2. The van der Waals surface area contributed by atoms with Gasteiger partial charge in [0, 0.05) is 45.3 Å². The number of ether oxygens (including phenoxy) is 2. The molecule has 0 aromatic carbocycles. The Balaban J connectivity index is 1.45. The monoisotopic (exact) mass is 453 g/mol. The quantitative estimate of drug-likeness (QED) is 0.604. The third-order valence-corrected chi connectivity index (χ3v) is 8.15. The van der Waals surface area contributed by atoms with Gasteiger partial charge in [-0.05, 0) is 11.4 Å². The van der Waals surface area contributed by atoms with Crippen LogP contribution in [-0.2, 0) is 19.5 Å². The lowest BCUT2D eigenvalue weighted by molar-refractivity contribution is 0.0602. The molecule has 2 saturated heterocycles. The van der Waals surface area contributed by atoms with Crippen molar-refractivity contribution < 1.29 is 22.7 Å². The van der Waals surface area contributed by atoms with E-state index in [0.29, 0.717) is 39.4 Å². The van der Waals surface area contributed by atoms with E-state index >= 15 is 0 Å². The van der Waals surface area contributed by atoms with Crippen LogP contribution in [0.15, 0.2) is 28.6 Å². The largest absolute Gasteiger partial charge is 0.465 e. The number of thiophene rings is 1. The molecule has 4 rings (SSSR count). The van der Waals surface area contributed by atoms with Crippen molar-refractivity contribution in [1.82, 2.24) is 14.5 Å². The fraction of sp³-hybridized carbons (Fsp3) is 0.500. The van der Waals surface area contributed by atoms with Gasteiger partial charge in [0.25, 0.3) is 0 Å². The molecular formula is C18H23N5O5S2. The Morgan fingerprint density at radius 1 is 1.13 bits per heavy atom. The van der Waals surface area contributed by atoms with Crippen LogP contribution in [0.1, 0.15) is 9.67 Å². The zero-order valence-electron chi connectivity index (χ0n) is 16.6. The molecule has 0 saturated carbocycles. The molecule has 2 aromatic rings. The first-order valence-electron chi connectivity index (χ1n) is 9.57. The van der Waals surface area contributed by atoms with Crippen molar-refractivity contribution in [3.8, 4) is 0 Å². The molecule has 10 nitrogen and oxygen atoms in total. The van der Waals surface area contributed by atoms with E-state index in [4.69, 9.17) is 9.47 Å². The summed E-state index contributed by atoms with van der Waals surface area (Å²) >= 11 is 1.06. The van der Waals surface area contributed by atoms with Crippen LogP contribution in [0, 0.1) is 0 Å². The minimum atomic E-state index is -3.78. The van der Waals surface area contributed by atoms with Gasteiger partial charge in [-0.1, -0.05) is 0 Å². The number of methoxy groups -OCH3 is 1. The van der Waals surface area contributed by atoms with Crippen LogP contribution < -0.4 is 9.80 Å². The van der Waals surface area contributed by atoms with E-state index in [1.807, 2.05) is 11.0 Å². The third kappa shape index (κ3) is 4.13. The third-order valence-electron chi connectivity index (χ3n) is 5.18.